The molecule has 0 atom stereocenters. The van der Waals surface area contributed by atoms with E-state index >= 15 is 0 Å². The fourth-order valence-electron chi connectivity index (χ4n) is 12.6. The van der Waals surface area contributed by atoms with Crippen LogP contribution in [0.5, 0.6) is 11.5 Å². The van der Waals surface area contributed by atoms with Gasteiger partial charge in [-0.25, -0.2) is 0 Å². The Balaban J connectivity index is 1.11. The van der Waals surface area contributed by atoms with Crippen molar-refractivity contribution in [2.24, 2.45) is 0 Å². The average molecular weight is 1010 g/mol. The summed E-state index contributed by atoms with van der Waals surface area (Å²) in [4.78, 5) is 4.88. The molecule has 0 aliphatic heterocycles. The van der Waals surface area contributed by atoms with E-state index in [2.05, 4.69) is 242 Å². The van der Waals surface area contributed by atoms with E-state index in [1.165, 1.54) is 124 Å². The van der Waals surface area contributed by atoms with Crippen LogP contribution in [0, 0.1) is 0 Å². The molecule has 0 heterocycles. The summed E-state index contributed by atoms with van der Waals surface area (Å²) < 4.78 is 11.9. The molecule has 13 rings (SSSR count). The van der Waals surface area contributed by atoms with Crippen LogP contribution in [0.15, 0.2) is 218 Å². The SMILES string of the molecule is CCCCc1ccc(N(c2ccc(OCC)cc2)c2ccc3c4c(-c5ccccc5)c5c6cccc7c(N(c8ccc(CCCC)cc8)c8ccc(OCC)cc8)ccc(c5c(-c5ccccc5)c4c4cccc2c43)c76)cc1. The molecule has 4 nitrogen and oxygen atoms in total. The highest BCUT2D eigenvalue weighted by Gasteiger charge is 2.30. The molecule has 0 aliphatic carbocycles. The first-order valence-corrected chi connectivity index (χ1v) is 28.3. The quantitative estimate of drug-likeness (QED) is 0.0855. The number of hydrogen-bond donors (Lipinski definition) is 0. The summed E-state index contributed by atoms with van der Waals surface area (Å²) >= 11 is 0. The number of fused-ring (bicyclic) bond motifs is 6. The van der Waals surface area contributed by atoms with E-state index in [4.69, 9.17) is 9.47 Å². The minimum Gasteiger partial charge on any atom is -0.494 e. The van der Waals surface area contributed by atoms with Gasteiger partial charge in [-0.15, -0.1) is 0 Å². The van der Waals surface area contributed by atoms with Crippen LogP contribution < -0.4 is 19.3 Å². The van der Waals surface area contributed by atoms with Crippen LogP contribution >= 0.6 is 0 Å². The third kappa shape index (κ3) is 8.39. The molecule has 0 spiro atoms. The van der Waals surface area contributed by atoms with Gasteiger partial charge in [-0.05, 0) is 212 Å². The van der Waals surface area contributed by atoms with E-state index in [-0.39, 0.29) is 0 Å². The number of hydrogen-bond acceptors (Lipinski definition) is 4. The van der Waals surface area contributed by atoms with Gasteiger partial charge in [-0.3, -0.25) is 0 Å². The second-order valence-electron chi connectivity index (χ2n) is 20.8. The molecule has 0 N–H and O–H groups in total. The number of anilines is 6. The minimum atomic E-state index is 0.621. The van der Waals surface area contributed by atoms with Crippen LogP contribution in [0.2, 0.25) is 0 Å². The van der Waals surface area contributed by atoms with Gasteiger partial charge >= 0.3 is 0 Å². The van der Waals surface area contributed by atoms with Crippen LogP contribution in [0.3, 0.4) is 0 Å². The number of nitrogens with zero attached hydrogens (tertiary/aromatic N) is 2. The van der Waals surface area contributed by atoms with E-state index in [1.54, 1.807) is 0 Å². The van der Waals surface area contributed by atoms with Crippen molar-refractivity contribution in [2.45, 2.75) is 66.2 Å². The lowest BCUT2D eigenvalue weighted by Crippen LogP contribution is -2.10. The van der Waals surface area contributed by atoms with Crippen LogP contribution in [0.1, 0.15) is 64.5 Å². The molecule has 0 radical (unpaired) electrons. The molecule has 0 unspecified atom stereocenters. The summed E-state index contributed by atoms with van der Waals surface area (Å²) in [6.45, 7) is 9.84. The molecule has 13 aromatic carbocycles. The highest BCUT2D eigenvalue weighted by atomic mass is 16.5. The maximum absolute atomic E-state index is 5.97. The van der Waals surface area contributed by atoms with Crippen LogP contribution in [-0.2, 0) is 12.8 Å². The van der Waals surface area contributed by atoms with Crippen molar-refractivity contribution < 1.29 is 9.47 Å². The molecular weight excluding hydrogens is 949 g/mol. The van der Waals surface area contributed by atoms with Gasteiger partial charge in [0.05, 0.1) is 24.6 Å². The van der Waals surface area contributed by atoms with Crippen molar-refractivity contribution in [3.63, 3.8) is 0 Å². The third-order valence-electron chi connectivity index (χ3n) is 16.1. The molecule has 0 amide bonds. The van der Waals surface area contributed by atoms with Crippen LogP contribution in [-0.4, -0.2) is 13.2 Å². The highest BCUT2D eigenvalue weighted by molar-refractivity contribution is 6.47. The largest absolute Gasteiger partial charge is 0.494 e. The fraction of sp³-hybridized carbons (Fsp3) is 0.162. The smallest absolute Gasteiger partial charge is 0.119 e. The van der Waals surface area contributed by atoms with Gasteiger partial charge < -0.3 is 19.3 Å². The minimum absolute atomic E-state index is 0.621. The van der Waals surface area contributed by atoms with Gasteiger partial charge in [0.2, 0.25) is 0 Å². The van der Waals surface area contributed by atoms with Crippen LogP contribution in [0.25, 0.3) is 86.9 Å². The Morgan fingerprint density at radius 3 is 0.974 bits per heavy atom. The van der Waals surface area contributed by atoms with Gasteiger partial charge in [0.25, 0.3) is 0 Å². The van der Waals surface area contributed by atoms with E-state index in [1.807, 2.05) is 13.8 Å². The van der Waals surface area contributed by atoms with Gasteiger partial charge in [0.15, 0.2) is 0 Å². The number of rotatable bonds is 18. The maximum Gasteiger partial charge on any atom is 0.119 e. The summed E-state index contributed by atoms with van der Waals surface area (Å²) in [5.74, 6) is 1.74. The predicted molar refractivity (Wildman–Crippen MR) is 334 cm³/mol. The summed E-state index contributed by atoms with van der Waals surface area (Å²) in [5.41, 5.74) is 14.4. The number of unbranched alkanes of at least 4 members (excludes halogenated alkanes) is 2. The molecule has 0 saturated carbocycles. The molecule has 0 fully saturated rings. The van der Waals surface area contributed by atoms with Crippen molar-refractivity contribution in [2.75, 3.05) is 23.0 Å². The molecule has 382 valence electrons. The van der Waals surface area contributed by atoms with E-state index < -0.39 is 0 Å². The standard InChI is InChI=1S/C74H64N2O2/c1-5-9-19-49-29-33-53(34-30-49)75(55-37-41-57(42-38-55)77-7-3)65-47-45-63-69-59(65)25-17-27-61(69)71-67(51-21-13-11-14-22-51)74-64-46-48-66(60-26-18-28-62(70(60)64)72(74)68(73(63)71)52-23-15-12-16-24-52)76(56-39-43-58(44-40-56)78-8-4)54-35-31-50(32-36-54)20-10-6-2/h11-18,21-48H,5-10,19-20H2,1-4H3. The molecule has 13 aromatic rings. The zero-order valence-electron chi connectivity index (χ0n) is 45.2. The lowest BCUT2D eigenvalue weighted by molar-refractivity contribution is 0.340. The van der Waals surface area contributed by atoms with E-state index in [0.29, 0.717) is 13.2 Å². The Bertz CT molecular complexity index is 3880. The molecule has 0 aromatic heterocycles. The van der Waals surface area contributed by atoms with Gasteiger partial charge in [-0.2, -0.15) is 0 Å². The first-order valence-electron chi connectivity index (χ1n) is 28.3. The topological polar surface area (TPSA) is 24.9 Å². The zero-order valence-corrected chi connectivity index (χ0v) is 45.2. The lowest BCUT2D eigenvalue weighted by Gasteiger charge is -2.27. The molecule has 0 bridgehead atoms. The van der Waals surface area contributed by atoms with Crippen LogP contribution in [0.4, 0.5) is 34.1 Å². The van der Waals surface area contributed by atoms with E-state index in [9.17, 15) is 0 Å². The molecular formula is C74H64N2O2. The Hall–Kier alpha value is -8.86. The first kappa shape index (κ1) is 48.8. The first-order chi connectivity index (χ1) is 38.6. The van der Waals surface area contributed by atoms with Crippen molar-refractivity contribution in [3.05, 3.63) is 230 Å². The third-order valence-corrected chi connectivity index (χ3v) is 16.1. The highest BCUT2D eigenvalue weighted by Crippen LogP contribution is 2.57. The van der Waals surface area contributed by atoms with Gasteiger partial charge in [0, 0.05) is 33.5 Å². The second-order valence-corrected chi connectivity index (χ2v) is 20.8. The van der Waals surface area contributed by atoms with Crippen molar-refractivity contribution >= 4 is 98.8 Å². The summed E-state index contributed by atoms with van der Waals surface area (Å²) in [7, 11) is 0. The Morgan fingerprint density at radius 1 is 0.295 bits per heavy atom. The number of ether oxygens (including phenoxy) is 2. The van der Waals surface area contributed by atoms with Crippen molar-refractivity contribution in [1.29, 1.82) is 0 Å². The molecule has 4 heteroatoms. The maximum atomic E-state index is 5.97. The number of aryl methyl sites for hydroxylation is 2. The molecule has 78 heavy (non-hydrogen) atoms. The van der Waals surface area contributed by atoms with Crippen molar-refractivity contribution in [3.8, 4) is 33.8 Å². The average Bonchev–Trinajstić information content (AvgIpc) is 4.09. The zero-order chi connectivity index (χ0) is 52.7. The van der Waals surface area contributed by atoms with Crippen molar-refractivity contribution in [1.82, 2.24) is 0 Å². The fourth-order valence-corrected chi connectivity index (χ4v) is 12.6. The normalized spacial score (nSPS) is 11.7. The summed E-state index contributed by atoms with van der Waals surface area (Å²) in [6, 6.07) is 81.6. The Kier molecular flexibility index (Phi) is 13.1. The predicted octanol–water partition coefficient (Wildman–Crippen LogP) is 21.2. The Morgan fingerprint density at radius 2 is 0.628 bits per heavy atom. The lowest BCUT2D eigenvalue weighted by atomic mass is 9.87. The summed E-state index contributed by atoms with van der Waals surface area (Å²) in [5, 5.41) is 15.1. The second kappa shape index (κ2) is 20.9. The molecule has 0 aliphatic rings. The summed E-state index contributed by atoms with van der Waals surface area (Å²) in [6.07, 6.45) is 6.85. The monoisotopic (exact) mass is 1010 g/mol. The van der Waals surface area contributed by atoms with Gasteiger partial charge in [-0.1, -0.05) is 160 Å². The van der Waals surface area contributed by atoms with Gasteiger partial charge in [0.1, 0.15) is 11.5 Å². The number of benzene rings is 11. The molecule has 0 saturated heterocycles. The Labute approximate surface area is 458 Å². The van der Waals surface area contributed by atoms with E-state index in [0.717, 1.165) is 58.5 Å².